The van der Waals surface area contributed by atoms with Crippen LogP contribution in [0.3, 0.4) is 0 Å². The van der Waals surface area contributed by atoms with Crippen LogP contribution in [0.5, 0.6) is 0 Å². The first-order valence-corrected chi connectivity index (χ1v) is 9.08. The molecule has 0 saturated heterocycles. The Morgan fingerprint density at radius 3 is 1.93 bits per heavy atom. The van der Waals surface area contributed by atoms with Crippen molar-refractivity contribution in [2.45, 2.75) is 18.6 Å². The second-order valence-electron chi connectivity index (χ2n) is 6.18. The Hall–Kier alpha value is -2.14. The molecule has 0 saturated carbocycles. The smallest absolute Gasteiger partial charge is 0.123 e. The van der Waals surface area contributed by atoms with E-state index in [-0.39, 0.29) is 17.7 Å². The van der Waals surface area contributed by atoms with E-state index in [4.69, 9.17) is 23.2 Å². The molecule has 2 nitrogen and oxygen atoms in total. The molecule has 0 fully saturated rings. The van der Waals surface area contributed by atoms with Crippen molar-refractivity contribution in [2.75, 3.05) is 5.32 Å². The lowest BCUT2D eigenvalue weighted by Crippen LogP contribution is -2.15. The van der Waals surface area contributed by atoms with Crippen LogP contribution >= 0.6 is 23.2 Å². The minimum absolute atomic E-state index is 0.293. The van der Waals surface area contributed by atoms with Crippen molar-refractivity contribution in [2.24, 2.45) is 0 Å². The predicted molar refractivity (Wildman–Crippen MR) is 105 cm³/mol. The highest BCUT2D eigenvalue weighted by Gasteiger charge is 2.19. The number of hydrogen-bond acceptors (Lipinski definition) is 2. The van der Waals surface area contributed by atoms with Crippen molar-refractivity contribution in [3.63, 3.8) is 0 Å². The average molecular weight is 408 g/mol. The number of benzene rings is 3. The highest BCUT2D eigenvalue weighted by Crippen LogP contribution is 2.33. The normalized spacial score (nSPS) is 13.2. The third-order valence-corrected chi connectivity index (χ3v) is 4.98. The molecule has 0 bridgehead atoms. The summed E-state index contributed by atoms with van der Waals surface area (Å²) in [6.07, 6.45) is -0.543. The van der Waals surface area contributed by atoms with Crippen molar-refractivity contribution in [1.82, 2.24) is 0 Å². The van der Waals surface area contributed by atoms with Crippen molar-refractivity contribution < 1.29 is 13.9 Å². The molecule has 2 N–H and O–H groups in total. The van der Waals surface area contributed by atoms with E-state index in [0.29, 0.717) is 27.7 Å². The molecule has 27 heavy (non-hydrogen) atoms. The fraction of sp³-hybridized carbons (Fsp3) is 0.143. The first kappa shape index (κ1) is 19.6. The van der Waals surface area contributed by atoms with Crippen LogP contribution < -0.4 is 5.32 Å². The molecule has 0 aliphatic rings. The second kappa shape index (κ2) is 8.70. The Kier molecular flexibility index (Phi) is 6.32. The van der Waals surface area contributed by atoms with E-state index >= 15 is 0 Å². The quantitative estimate of drug-likeness (QED) is 0.485. The molecular weight excluding hydrogens is 391 g/mol. The maximum absolute atomic E-state index is 13.2. The summed E-state index contributed by atoms with van der Waals surface area (Å²) in [6, 6.07) is 16.5. The van der Waals surface area contributed by atoms with Gasteiger partial charge in [-0.15, -0.1) is 0 Å². The molecule has 0 amide bonds. The fourth-order valence-corrected chi connectivity index (χ4v) is 3.11. The zero-order valence-corrected chi connectivity index (χ0v) is 15.7. The molecule has 0 aliphatic carbocycles. The Balaban J connectivity index is 1.87. The highest BCUT2D eigenvalue weighted by atomic mass is 35.5. The van der Waals surface area contributed by atoms with E-state index in [0.717, 1.165) is 5.56 Å². The van der Waals surface area contributed by atoms with E-state index in [1.54, 1.807) is 36.4 Å². The summed E-state index contributed by atoms with van der Waals surface area (Å²) >= 11 is 12.1. The molecule has 6 heteroatoms. The predicted octanol–water partition coefficient (Wildman–Crippen LogP) is 6.55. The molecule has 0 spiro atoms. The molecule has 2 unspecified atom stereocenters. The number of aliphatic hydroxyl groups excluding tert-OH is 1. The summed E-state index contributed by atoms with van der Waals surface area (Å²) in [7, 11) is 0. The SMILES string of the molecule is OC(CC(Nc1ccc(F)cc1)c1ccc(Cl)c(Cl)c1)c1ccc(F)cc1. The first-order chi connectivity index (χ1) is 12.9. The molecule has 0 radical (unpaired) electrons. The van der Waals surface area contributed by atoms with Crippen LogP contribution in [0, 0.1) is 11.6 Å². The van der Waals surface area contributed by atoms with Crippen molar-refractivity contribution >= 4 is 28.9 Å². The van der Waals surface area contributed by atoms with Gasteiger partial charge in [-0.3, -0.25) is 0 Å². The maximum atomic E-state index is 13.2. The Labute approximate surface area is 166 Å². The van der Waals surface area contributed by atoms with Crippen molar-refractivity contribution in [3.8, 4) is 0 Å². The standard InChI is InChI=1S/C21H17Cl2F2NO/c22-18-10-3-14(11-19(18)23)20(26-17-8-6-16(25)7-9-17)12-21(27)13-1-4-15(24)5-2-13/h1-11,20-21,26-27H,12H2. The van der Waals surface area contributed by atoms with E-state index in [1.807, 2.05) is 6.07 Å². The van der Waals surface area contributed by atoms with Gasteiger partial charge in [-0.2, -0.15) is 0 Å². The second-order valence-corrected chi connectivity index (χ2v) is 6.99. The zero-order valence-electron chi connectivity index (χ0n) is 14.2. The topological polar surface area (TPSA) is 32.3 Å². The van der Waals surface area contributed by atoms with Gasteiger partial charge in [0.2, 0.25) is 0 Å². The Morgan fingerprint density at radius 1 is 0.778 bits per heavy atom. The summed E-state index contributed by atoms with van der Waals surface area (Å²) in [6.45, 7) is 0. The van der Waals surface area contributed by atoms with Crippen LogP contribution in [0.2, 0.25) is 10.0 Å². The lowest BCUT2D eigenvalue weighted by molar-refractivity contribution is 0.160. The molecule has 3 aromatic rings. The number of rotatable bonds is 6. The van der Waals surface area contributed by atoms with Gasteiger partial charge in [-0.1, -0.05) is 41.4 Å². The van der Waals surface area contributed by atoms with Gasteiger partial charge in [0.25, 0.3) is 0 Å². The molecule has 0 heterocycles. The molecule has 0 aliphatic heterocycles. The molecule has 3 rings (SSSR count). The molecule has 140 valence electrons. The van der Waals surface area contributed by atoms with E-state index in [9.17, 15) is 13.9 Å². The lowest BCUT2D eigenvalue weighted by Gasteiger charge is -2.24. The number of anilines is 1. The van der Waals surface area contributed by atoms with Crippen LogP contribution in [0.4, 0.5) is 14.5 Å². The van der Waals surface area contributed by atoms with Crippen LogP contribution in [-0.4, -0.2) is 5.11 Å². The summed E-state index contributed by atoms with van der Waals surface area (Å²) in [5.74, 6) is -0.700. The minimum Gasteiger partial charge on any atom is -0.388 e. The van der Waals surface area contributed by atoms with Gasteiger partial charge in [0, 0.05) is 12.1 Å². The van der Waals surface area contributed by atoms with Crippen LogP contribution in [0.15, 0.2) is 66.7 Å². The third-order valence-electron chi connectivity index (χ3n) is 4.24. The maximum Gasteiger partial charge on any atom is 0.123 e. The Bertz CT molecular complexity index is 901. The van der Waals surface area contributed by atoms with Gasteiger partial charge < -0.3 is 10.4 Å². The highest BCUT2D eigenvalue weighted by molar-refractivity contribution is 6.42. The minimum atomic E-state index is -0.835. The first-order valence-electron chi connectivity index (χ1n) is 8.33. The van der Waals surface area contributed by atoms with Crippen LogP contribution in [0.25, 0.3) is 0 Å². The summed E-state index contributed by atoms with van der Waals surface area (Å²) < 4.78 is 26.3. The average Bonchev–Trinajstić information content (AvgIpc) is 2.65. The molecular formula is C21H17Cl2F2NO. The molecule has 2 atom stereocenters. The summed E-state index contributed by atoms with van der Waals surface area (Å²) in [4.78, 5) is 0. The monoisotopic (exact) mass is 407 g/mol. The van der Waals surface area contributed by atoms with E-state index < -0.39 is 6.10 Å². The van der Waals surface area contributed by atoms with Crippen LogP contribution in [0.1, 0.15) is 29.7 Å². The molecule has 3 aromatic carbocycles. The van der Waals surface area contributed by atoms with E-state index in [2.05, 4.69) is 5.32 Å². The van der Waals surface area contributed by atoms with Gasteiger partial charge in [0.15, 0.2) is 0 Å². The summed E-state index contributed by atoms with van der Waals surface area (Å²) in [5, 5.41) is 14.7. The van der Waals surface area contributed by atoms with Crippen molar-refractivity contribution in [1.29, 1.82) is 0 Å². The van der Waals surface area contributed by atoms with Gasteiger partial charge >= 0.3 is 0 Å². The van der Waals surface area contributed by atoms with Gasteiger partial charge in [-0.25, -0.2) is 8.78 Å². The largest absolute Gasteiger partial charge is 0.388 e. The van der Waals surface area contributed by atoms with Crippen LogP contribution in [-0.2, 0) is 0 Å². The number of hydrogen-bond donors (Lipinski definition) is 2. The zero-order chi connectivity index (χ0) is 19.4. The number of halogens is 4. The lowest BCUT2D eigenvalue weighted by atomic mass is 9.96. The van der Waals surface area contributed by atoms with Gasteiger partial charge in [0.1, 0.15) is 11.6 Å². The third kappa shape index (κ3) is 5.19. The number of nitrogens with one attached hydrogen (secondary N) is 1. The van der Waals surface area contributed by atoms with Gasteiger partial charge in [0.05, 0.1) is 22.2 Å². The molecule has 0 aromatic heterocycles. The van der Waals surface area contributed by atoms with Gasteiger partial charge in [-0.05, 0) is 59.7 Å². The number of aliphatic hydroxyl groups is 1. The summed E-state index contributed by atoms with van der Waals surface area (Å²) in [5.41, 5.74) is 2.11. The van der Waals surface area contributed by atoms with E-state index in [1.165, 1.54) is 24.3 Å². The fourth-order valence-electron chi connectivity index (χ4n) is 2.80. The Morgan fingerprint density at radius 2 is 1.33 bits per heavy atom. The van der Waals surface area contributed by atoms with Crippen molar-refractivity contribution in [3.05, 3.63) is 99.5 Å².